The fraction of sp³-hybridized carbons (Fsp3) is 0.118. The fourth-order valence-electron chi connectivity index (χ4n) is 1.96. The molecule has 0 heterocycles. The molecule has 25 heavy (non-hydrogen) atoms. The van der Waals surface area contributed by atoms with Gasteiger partial charge in [0, 0.05) is 23.4 Å². The van der Waals surface area contributed by atoms with Crippen LogP contribution in [0.1, 0.15) is 23.2 Å². The number of nitrogens with one attached hydrogen (secondary N) is 2. The standard InChI is InChI=1S/C17H14ClFN2O4/c18-13-9-12(4-5-14(13)19)21-17(25)10-2-1-3-11(8-10)20-15(22)6-7-16(23)24/h1-5,8-9H,6-7H2,(H,20,22)(H,21,25)(H,23,24). The molecule has 130 valence electrons. The van der Waals surface area contributed by atoms with E-state index in [0.29, 0.717) is 11.4 Å². The van der Waals surface area contributed by atoms with Crippen molar-refractivity contribution in [3.8, 4) is 0 Å². The molecule has 0 aliphatic rings. The van der Waals surface area contributed by atoms with E-state index in [-0.39, 0.29) is 23.4 Å². The number of amides is 2. The van der Waals surface area contributed by atoms with E-state index in [1.165, 1.54) is 24.3 Å². The Balaban J connectivity index is 2.04. The lowest BCUT2D eigenvalue weighted by atomic mass is 10.1. The summed E-state index contributed by atoms with van der Waals surface area (Å²) in [5.74, 6) is -2.60. The minimum Gasteiger partial charge on any atom is -0.481 e. The van der Waals surface area contributed by atoms with Gasteiger partial charge in [0.1, 0.15) is 5.82 Å². The number of rotatable bonds is 6. The Morgan fingerprint density at radius 2 is 1.72 bits per heavy atom. The molecule has 0 atom stereocenters. The molecule has 0 aliphatic heterocycles. The molecule has 0 aromatic heterocycles. The highest BCUT2D eigenvalue weighted by Gasteiger charge is 2.10. The Labute approximate surface area is 147 Å². The Morgan fingerprint density at radius 1 is 1.00 bits per heavy atom. The van der Waals surface area contributed by atoms with Gasteiger partial charge in [-0.05, 0) is 36.4 Å². The zero-order chi connectivity index (χ0) is 18.4. The monoisotopic (exact) mass is 364 g/mol. The van der Waals surface area contributed by atoms with Crippen LogP contribution >= 0.6 is 11.6 Å². The summed E-state index contributed by atoms with van der Waals surface area (Å²) in [6.45, 7) is 0. The summed E-state index contributed by atoms with van der Waals surface area (Å²) in [4.78, 5) is 34.3. The SMILES string of the molecule is O=C(O)CCC(=O)Nc1cccc(C(=O)Nc2ccc(F)c(Cl)c2)c1. The van der Waals surface area contributed by atoms with Gasteiger partial charge < -0.3 is 15.7 Å². The number of carboxylic acids is 1. The predicted molar refractivity (Wildman–Crippen MR) is 91.3 cm³/mol. The molecule has 0 fully saturated rings. The van der Waals surface area contributed by atoms with Crippen molar-refractivity contribution >= 4 is 40.8 Å². The van der Waals surface area contributed by atoms with Crippen LogP contribution in [0.2, 0.25) is 5.02 Å². The van der Waals surface area contributed by atoms with Crippen LogP contribution in [-0.4, -0.2) is 22.9 Å². The summed E-state index contributed by atoms with van der Waals surface area (Å²) < 4.78 is 13.1. The molecule has 6 nitrogen and oxygen atoms in total. The molecule has 0 unspecified atom stereocenters. The van der Waals surface area contributed by atoms with E-state index in [1.54, 1.807) is 12.1 Å². The molecule has 2 aromatic carbocycles. The highest BCUT2D eigenvalue weighted by Crippen LogP contribution is 2.20. The van der Waals surface area contributed by atoms with Crippen LogP contribution < -0.4 is 10.6 Å². The van der Waals surface area contributed by atoms with Gasteiger partial charge in [-0.2, -0.15) is 0 Å². The van der Waals surface area contributed by atoms with Crippen molar-refractivity contribution in [1.29, 1.82) is 0 Å². The molecular weight excluding hydrogens is 351 g/mol. The van der Waals surface area contributed by atoms with Crippen molar-refractivity contribution in [3.63, 3.8) is 0 Å². The van der Waals surface area contributed by atoms with E-state index >= 15 is 0 Å². The van der Waals surface area contributed by atoms with Gasteiger partial charge in [0.05, 0.1) is 11.4 Å². The largest absolute Gasteiger partial charge is 0.481 e. The molecule has 0 radical (unpaired) electrons. The lowest BCUT2D eigenvalue weighted by Crippen LogP contribution is -2.15. The minimum absolute atomic E-state index is 0.114. The number of benzene rings is 2. The van der Waals surface area contributed by atoms with Gasteiger partial charge in [-0.15, -0.1) is 0 Å². The number of hydrogen-bond donors (Lipinski definition) is 3. The normalized spacial score (nSPS) is 10.2. The highest BCUT2D eigenvalue weighted by molar-refractivity contribution is 6.31. The smallest absolute Gasteiger partial charge is 0.303 e. The third-order valence-corrected chi connectivity index (χ3v) is 3.44. The zero-order valence-electron chi connectivity index (χ0n) is 12.9. The van der Waals surface area contributed by atoms with E-state index in [1.807, 2.05) is 0 Å². The molecule has 8 heteroatoms. The van der Waals surface area contributed by atoms with E-state index in [4.69, 9.17) is 16.7 Å². The molecular formula is C17H14ClFN2O4. The highest BCUT2D eigenvalue weighted by atomic mass is 35.5. The van der Waals surface area contributed by atoms with Gasteiger partial charge in [-0.1, -0.05) is 17.7 Å². The number of carbonyl (C=O) groups excluding carboxylic acids is 2. The Morgan fingerprint density at radius 3 is 2.40 bits per heavy atom. The first-order valence-corrected chi connectivity index (χ1v) is 7.61. The molecule has 0 saturated heterocycles. The molecule has 0 bridgehead atoms. The lowest BCUT2D eigenvalue weighted by molar-refractivity contribution is -0.138. The van der Waals surface area contributed by atoms with Crippen LogP contribution in [0.15, 0.2) is 42.5 Å². The van der Waals surface area contributed by atoms with Crippen LogP contribution in [0.25, 0.3) is 0 Å². The molecule has 3 N–H and O–H groups in total. The maximum Gasteiger partial charge on any atom is 0.303 e. The first kappa shape index (κ1) is 18.4. The third kappa shape index (κ3) is 5.58. The quantitative estimate of drug-likeness (QED) is 0.730. The van der Waals surface area contributed by atoms with E-state index in [2.05, 4.69) is 10.6 Å². The van der Waals surface area contributed by atoms with Crippen molar-refractivity contribution < 1.29 is 23.9 Å². The van der Waals surface area contributed by atoms with Crippen LogP contribution in [-0.2, 0) is 9.59 Å². The summed E-state index contributed by atoms with van der Waals surface area (Å²) in [6, 6.07) is 9.91. The lowest BCUT2D eigenvalue weighted by Gasteiger charge is -2.08. The molecule has 2 aromatic rings. The second-order valence-corrected chi connectivity index (χ2v) is 5.51. The molecule has 0 spiro atoms. The summed E-state index contributed by atoms with van der Waals surface area (Å²) >= 11 is 5.66. The van der Waals surface area contributed by atoms with Gasteiger partial charge in [0.2, 0.25) is 5.91 Å². The van der Waals surface area contributed by atoms with E-state index in [9.17, 15) is 18.8 Å². The number of aliphatic carboxylic acids is 1. The van der Waals surface area contributed by atoms with Crippen LogP contribution in [0.5, 0.6) is 0 Å². The van der Waals surface area contributed by atoms with Gasteiger partial charge in [0.15, 0.2) is 0 Å². The maximum atomic E-state index is 13.1. The number of hydrogen-bond acceptors (Lipinski definition) is 3. The maximum absolute atomic E-state index is 13.1. The summed E-state index contributed by atoms with van der Waals surface area (Å²) in [6.07, 6.45) is -0.447. The third-order valence-electron chi connectivity index (χ3n) is 3.15. The van der Waals surface area contributed by atoms with E-state index < -0.39 is 23.6 Å². The van der Waals surface area contributed by atoms with Crippen molar-refractivity contribution in [3.05, 3.63) is 58.9 Å². The van der Waals surface area contributed by atoms with Gasteiger partial charge >= 0.3 is 5.97 Å². The average Bonchev–Trinajstić information content (AvgIpc) is 2.56. The topological polar surface area (TPSA) is 95.5 Å². The Bertz CT molecular complexity index is 826. The number of halogens is 2. The number of carbonyl (C=O) groups is 3. The fourth-order valence-corrected chi connectivity index (χ4v) is 2.14. The predicted octanol–water partition coefficient (Wildman–Crippen LogP) is 3.53. The van der Waals surface area contributed by atoms with Crippen LogP contribution in [0, 0.1) is 5.82 Å². The molecule has 2 rings (SSSR count). The number of carboxylic acid groups (broad SMARTS) is 1. The molecule has 0 aliphatic carbocycles. The molecule has 2 amide bonds. The molecule has 0 saturated carbocycles. The Hall–Kier alpha value is -2.93. The second-order valence-electron chi connectivity index (χ2n) is 5.11. The first-order chi connectivity index (χ1) is 11.8. The summed E-state index contributed by atoms with van der Waals surface area (Å²) in [5, 5.41) is 13.5. The van der Waals surface area contributed by atoms with E-state index in [0.717, 1.165) is 6.07 Å². The van der Waals surface area contributed by atoms with Gasteiger partial charge in [0.25, 0.3) is 5.91 Å². The van der Waals surface area contributed by atoms with Crippen molar-refractivity contribution in [2.75, 3.05) is 10.6 Å². The van der Waals surface area contributed by atoms with Crippen molar-refractivity contribution in [1.82, 2.24) is 0 Å². The number of anilines is 2. The zero-order valence-corrected chi connectivity index (χ0v) is 13.6. The van der Waals surface area contributed by atoms with Gasteiger partial charge in [-0.3, -0.25) is 14.4 Å². The first-order valence-electron chi connectivity index (χ1n) is 7.23. The summed E-state index contributed by atoms with van der Waals surface area (Å²) in [5.41, 5.74) is 0.948. The second kappa shape index (κ2) is 8.25. The van der Waals surface area contributed by atoms with Crippen LogP contribution in [0.4, 0.5) is 15.8 Å². The van der Waals surface area contributed by atoms with Gasteiger partial charge in [-0.25, -0.2) is 4.39 Å². The van der Waals surface area contributed by atoms with Crippen molar-refractivity contribution in [2.24, 2.45) is 0 Å². The summed E-state index contributed by atoms with van der Waals surface area (Å²) in [7, 11) is 0. The average molecular weight is 365 g/mol. The Kier molecular flexibility index (Phi) is 6.08. The van der Waals surface area contributed by atoms with Crippen molar-refractivity contribution in [2.45, 2.75) is 12.8 Å². The van der Waals surface area contributed by atoms with Crippen LogP contribution in [0.3, 0.4) is 0 Å². The minimum atomic E-state index is -1.07.